The molecule has 7 nitrogen and oxygen atoms in total. The number of esters is 1. The van der Waals surface area contributed by atoms with E-state index >= 15 is 0 Å². The Labute approximate surface area is 126 Å². The quantitative estimate of drug-likeness (QED) is 0.827. The first-order valence-electron chi connectivity index (χ1n) is 6.28. The lowest BCUT2D eigenvalue weighted by molar-refractivity contribution is -0.119. The monoisotopic (exact) mass is 332 g/mol. The summed E-state index contributed by atoms with van der Waals surface area (Å²) in [5, 5.41) is 4.27. The molecular formula is C12H16N2O5S2. The number of anilines is 1. The highest BCUT2D eigenvalue weighted by atomic mass is 32.2. The van der Waals surface area contributed by atoms with Crippen molar-refractivity contribution in [2.75, 3.05) is 25.2 Å². The summed E-state index contributed by atoms with van der Waals surface area (Å²) in [4.78, 5) is 24.1. The molecule has 1 amide bonds. The predicted octanol–water partition coefficient (Wildman–Crippen LogP) is 0.897. The lowest BCUT2D eigenvalue weighted by atomic mass is 10.2. The van der Waals surface area contributed by atoms with E-state index in [4.69, 9.17) is 0 Å². The van der Waals surface area contributed by atoms with Crippen LogP contribution >= 0.6 is 11.3 Å². The maximum absolute atomic E-state index is 12.3. The Morgan fingerprint density at radius 2 is 2.19 bits per heavy atom. The van der Waals surface area contributed by atoms with Crippen molar-refractivity contribution in [3.05, 3.63) is 16.3 Å². The molecule has 2 rings (SSSR count). The molecule has 1 fully saturated rings. The van der Waals surface area contributed by atoms with Crippen molar-refractivity contribution in [1.82, 2.24) is 4.31 Å². The highest BCUT2D eigenvalue weighted by Gasteiger charge is 2.36. The molecule has 0 aromatic carbocycles. The fraction of sp³-hybridized carbons (Fsp3) is 0.500. The summed E-state index contributed by atoms with van der Waals surface area (Å²) < 4.78 is 29.1. The van der Waals surface area contributed by atoms with E-state index in [1.807, 2.05) is 0 Å². The second-order valence-electron chi connectivity index (χ2n) is 4.68. The van der Waals surface area contributed by atoms with Gasteiger partial charge in [0.05, 0.1) is 19.1 Å². The molecule has 1 aliphatic heterocycles. The smallest absolute Gasteiger partial charge is 0.350 e. The van der Waals surface area contributed by atoms with Gasteiger partial charge >= 0.3 is 5.97 Å². The Morgan fingerprint density at radius 3 is 2.81 bits per heavy atom. The zero-order valence-corrected chi connectivity index (χ0v) is 13.3. The molecule has 1 aromatic rings. The number of rotatable bonds is 4. The molecule has 1 saturated heterocycles. The number of hydrogen-bond acceptors (Lipinski definition) is 6. The molecule has 116 valence electrons. The van der Waals surface area contributed by atoms with Gasteiger partial charge in [0, 0.05) is 6.54 Å². The van der Waals surface area contributed by atoms with E-state index in [1.165, 1.54) is 11.4 Å². The van der Waals surface area contributed by atoms with Crippen LogP contribution in [0.5, 0.6) is 0 Å². The predicted molar refractivity (Wildman–Crippen MR) is 78.9 cm³/mol. The van der Waals surface area contributed by atoms with E-state index in [0.29, 0.717) is 25.1 Å². The van der Waals surface area contributed by atoms with Crippen molar-refractivity contribution in [2.24, 2.45) is 0 Å². The maximum Gasteiger partial charge on any atom is 0.350 e. The molecule has 0 aliphatic carbocycles. The van der Waals surface area contributed by atoms with Gasteiger partial charge in [-0.25, -0.2) is 13.2 Å². The molecule has 2 heterocycles. The molecule has 1 N–H and O–H groups in total. The second kappa shape index (κ2) is 6.12. The van der Waals surface area contributed by atoms with Crippen LogP contribution in [0.15, 0.2) is 11.4 Å². The molecule has 0 radical (unpaired) electrons. The Balaban J connectivity index is 2.15. The first-order valence-corrected chi connectivity index (χ1v) is 9.01. The largest absolute Gasteiger partial charge is 0.465 e. The molecule has 0 saturated carbocycles. The average molecular weight is 332 g/mol. The van der Waals surface area contributed by atoms with E-state index in [9.17, 15) is 18.0 Å². The van der Waals surface area contributed by atoms with E-state index in [-0.39, 0.29) is 4.88 Å². The third-order valence-corrected chi connectivity index (χ3v) is 5.41. The van der Waals surface area contributed by atoms with Gasteiger partial charge in [-0.1, -0.05) is 0 Å². The van der Waals surface area contributed by atoms with E-state index < -0.39 is 27.9 Å². The summed E-state index contributed by atoms with van der Waals surface area (Å²) in [5.41, 5.74) is 0.345. The summed E-state index contributed by atoms with van der Waals surface area (Å²) in [6.45, 7) is 0.338. The molecule has 0 bridgehead atoms. The molecule has 9 heteroatoms. The first kappa shape index (κ1) is 15.9. The number of nitrogens with one attached hydrogen (secondary N) is 1. The normalized spacial score (nSPS) is 19.4. The fourth-order valence-electron chi connectivity index (χ4n) is 2.27. The summed E-state index contributed by atoms with van der Waals surface area (Å²) >= 11 is 1.15. The van der Waals surface area contributed by atoms with Gasteiger partial charge in [0.25, 0.3) is 0 Å². The van der Waals surface area contributed by atoms with Crippen LogP contribution in [0.3, 0.4) is 0 Å². The molecular weight excluding hydrogens is 316 g/mol. The van der Waals surface area contributed by atoms with Crippen LogP contribution < -0.4 is 5.32 Å². The van der Waals surface area contributed by atoms with Crippen molar-refractivity contribution in [2.45, 2.75) is 18.9 Å². The van der Waals surface area contributed by atoms with E-state index in [2.05, 4.69) is 10.1 Å². The Hall–Kier alpha value is -1.45. The van der Waals surface area contributed by atoms with Gasteiger partial charge < -0.3 is 10.1 Å². The fourth-order valence-corrected chi connectivity index (χ4v) is 4.16. The number of carbonyl (C=O) groups excluding carboxylic acids is 2. The molecule has 21 heavy (non-hydrogen) atoms. The zero-order chi connectivity index (χ0) is 15.6. The van der Waals surface area contributed by atoms with Gasteiger partial charge in [0.15, 0.2) is 0 Å². The van der Waals surface area contributed by atoms with Crippen LogP contribution in [0.25, 0.3) is 0 Å². The first-order chi connectivity index (χ1) is 9.84. The minimum Gasteiger partial charge on any atom is -0.465 e. The number of hydrogen-bond donors (Lipinski definition) is 1. The second-order valence-corrected chi connectivity index (χ2v) is 7.53. The third-order valence-electron chi connectivity index (χ3n) is 3.23. The summed E-state index contributed by atoms with van der Waals surface area (Å²) in [6.07, 6.45) is 2.19. The van der Waals surface area contributed by atoms with E-state index in [0.717, 1.165) is 17.6 Å². The summed E-state index contributed by atoms with van der Waals surface area (Å²) in [6, 6.07) is 0.861. The number of carbonyl (C=O) groups is 2. The third kappa shape index (κ3) is 3.42. The van der Waals surface area contributed by atoms with Crippen molar-refractivity contribution < 1.29 is 22.7 Å². The molecule has 1 aromatic heterocycles. The van der Waals surface area contributed by atoms with Gasteiger partial charge in [0.2, 0.25) is 15.9 Å². The van der Waals surface area contributed by atoms with Crippen LogP contribution in [0.2, 0.25) is 0 Å². The summed E-state index contributed by atoms with van der Waals surface area (Å²) in [7, 11) is -2.16. The number of thiophene rings is 1. The Bertz CT molecular complexity index is 652. The zero-order valence-electron chi connectivity index (χ0n) is 11.7. The van der Waals surface area contributed by atoms with Gasteiger partial charge in [-0.3, -0.25) is 4.79 Å². The molecule has 1 atom stereocenters. The van der Waals surface area contributed by atoms with Crippen LogP contribution in [-0.2, 0) is 19.6 Å². The topological polar surface area (TPSA) is 92.8 Å². The Kier molecular flexibility index (Phi) is 4.64. The SMILES string of the molecule is COC(=O)c1sccc1NC(=O)C1CCCN1S(C)(=O)=O. The van der Waals surface area contributed by atoms with Crippen molar-refractivity contribution >= 4 is 38.9 Å². The number of amides is 1. The van der Waals surface area contributed by atoms with Crippen LogP contribution in [-0.4, -0.2) is 50.6 Å². The number of methoxy groups -OCH3 is 1. The van der Waals surface area contributed by atoms with Crippen LogP contribution in [0.4, 0.5) is 5.69 Å². The van der Waals surface area contributed by atoms with Crippen molar-refractivity contribution in [3.63, 3.8) is 0 Å². The number of sulfonamides is 1. The van der Waals surface area contributed by atoms with Crippen LogP contribution in [0.1, 0.15) is 22.5 Å². The average Bonchev–Trinajstić information content (AvgIpc) is 3.05. The van der Waals surface area contributed by atoms with Gasteiger partial charge in [-0.15, -0.1) is 11.3 Å². The van der Waals surface area contributed by atoms with Crippen molar-refractivity contribution in [1.29, 1.82) is 0 Å². The maximum atomic E-state index is 12.3. The minimum absolute atomic E-state index is 0.287. The minimum atomic E-state index is -3.42. The number of nitrogens with zero attached hydrogens (tertiary/aromatic N) is 1. The highest BCUT2D eigenvalue weighted by molar-refractivity contribution is 7.88. The molecule has 1 unspecified atom stereocenters. The highest BCUT2D eigenvalue weighted by Crippen LogP contribution is 2.26. The van der Waals surface area contributed by atoms with Crippen molar-refractivity contribution in [3.8, 4) is 0 Å². The molecule has 0 spiro atoms. The Morgan fingerprint density at radius 1 is 1.48 bits per heavy atom. The van der Waals surface area contributed by atoms with E-state index in [1.54, 1.807) is 11.4 Å². The summed E-state index contributed by atoms with van der Waals surface area (Å²) in [5.74, 6) is -0.965. The lowest BCUT2D eigenvalue weighted by Gasteiger charge is -2.21. The lowest BCUT2D eigenvalue weighted by Crippen LogP contribution is -2.42. The molecule has 1 aliphatic rings. The van der Waals surface area contributed by atoms with Gasteiger partial charge in [0.1, 0.15) is 10.9 Å². The standard InChI is InChI=1S/C12H16N2O5S2/c1-19-12(16)10-8(5-7-20-10)13-11(15)9-4-3-6-14(9)21(2,17)18/h5,7,9H,3-4,6H2,1-2H3,(H,13,15). The van der Waals surface area contributed by atoms with Gasteiger partial charge in [-0.2, -0.15) is 4.31 Å². The van der Waals surface area contributed by atoms with Gasteiger partial charge in [-0.05, 0) is 24.3 Å². The number of ether oxygens (including phenoxy) is 1. The van der Waals surface area contributed by atoms with Crippen LogP contribution in [0, 0.1) is 0 Å².